The molecule has 3 nitrogen and oxygen atoms in total. The minimum Gasteiger partial charge on any atom is -0.482 e. The van der Waals surface area contributed by atoms with Crippen molar-refractivity contribution in [3.63, 3.8) is 0 Å². The molecule has 2 saturated carbocycles. The number of benzene rings is 1. The van der Waals surface area contributed by atoms with E-state index in [1.54, 1.807) is 0 Å². The lowest BCUT2D eigenvalue weighted by Gasteiger charge is -2.36. The maximum atomic E-state index is 13.1. The van der Waals surface area contributed by atoms with Crippen LogP contribution in [-0.4, -0.2) is 18.7 Å². The molecular formula is C26H36O3. The molecule has 2 aliphatic carbocycles. The van der Waals surface area contributed by atoms with E-state index in [0.29, 0.717) is 30.1 Å². The predicted molar refractivity (Wildman–Crippen MR) is 118 cm³/mol. The summed E-state index contributed by atoms with van der Waals surface area (Å²) in [5.41, 5.74) is 2.26. The topological polar surface area (TPSA) is 35.5 Å². The molecular weight excluding hydrogens is 360 g/mol. The van der Waals surface area contributed by atoms with Gasteiger partial charge in [0.25, 0.3) is 0 Å². The van der Waals surface area contributed by atoms with Crippen LogP contribution < -0.4 is 0 Å². The van der Waals surface area contributed by atoms with Gasteiger partial charge in [0.15, 0.2) is 0 Å². The van der Waals surface area contributed by atoms with Crippen LogP contribution in [-0.2, 0) is 14.3 Å². The predicted octanol–water partition coefficient (Wildman–Crippen LogP) is 6.55. The van der Waals surface area contributed by atoms with Gasteiger partial charge in [-0.05, 0) is 73.5 Å². The van der Waals surface area contributed by atoms with Crippen molar-refractivity contribution >= 4 is 12.0 Å². The summed E-state index contributed by atoms with van der Waals surface area (Å²) in [6.45, 7) is 7.13. The lowest BCUT2D eigenvalue weighted by atomic mass is 9.75. The summed E-state index contributed by atoms with van der Waals surface area (Å²) >= 11 is 0. The third-order valence-corrected chi connectivity index (χ3v) is 6.37. The summed E-state index contributed by atoms with van der Waals surface area (Å²) in [5, 5.41) is 0. The minimum atomic E-state index is -0.250. The van der Waals surface area contributed by atoms with Crippen LogP contribution in [0.3, 0.4) is 0 Å². The van der Waals surface area contributed by atoms with Crippen LogP contribution in [0, 0.1) is 17.8 Å². The van der Waals surface area contributed by atoms with Crippen molar-refractivity contribution in [1.29, 1.82) is 0 Å². The Balaban J connectivity index is 1.65. The average Bonchev–Trinajstić information content (AvgIpc) is 3.23. The van der Waals surface area contributed by atoms with E-state index in [1.807, 2.05) is 30.4 Å². The second-order valence-corrected chi connectivity index (χ2v) is 9.03. The summed E-state index contributed by atoms with van der Waals surface area (Å²) in [6, 6.07) is 10.1. The SMILES string of the molecule is CC(C)[C@@H]1CC[C@@H](C)C[C@H]1OC(=O)C(OC/C=C/c1ccccc1)=C1CCCC1. The van der Waals surface area contributed by atoms with Crippen molar-refractivity contribution in [2.24, 2.45) is 17.8 Å². The number of hydrogen-bond acceptors (Lipinski definition) is 3. The quantitative estimate of drug-likeness (QED) is 0.298. The van der Waals surface area contributed by atoms with Gasteiger partial charge in [-0.1, -0.05) is 63.6 Å². The van der Waals surface area contributed by atoms with Crippen LogP contribution in [0.15, 0.2) is 47.7 Å². The van der Waals surface area contributed by atoms with E-state index in [2.05, 4.69) is 32.9 Å². The van der Waals surface area contributed by atoms with E-state index in [9.17, 15) is 4.79 Å². The van der Waals surface area contributed by atoms with Crippen LogP contribution in [0.4, 0.5) is 0 Å². The molecule has 0 spiro atoms. The van der Waals surface area contributed by atoms with Gasteiger partial charge in [-0.25, -0.2) is 4.79 Å². The van der Waals surface area contributed by atoms with Crippen LogP contribution in [0.5, 0.6) is 0 Å². The van der Waals surface area contributed by atoms with Gasteiger partial charge in [-0.3, -0.25) is 0 Å². The molecule has 1 aromatic carbocycles. The molecule has 3 rings (SSSR count). The van der Waals surface area contributed by atoms with E-state index in [-0.39, 0.29) is 12.1 Å². The van der Waals surface area contributed by atoms with Gasteiger partial charge in [0, 0.05) is 0 Å². The van der Waals surface area contributed by atoms with E-state index in [1.165, 1.54) is 6.42 Å². The summed E-state index contributed by atoms with van der Waals surface area (Å²) in [7, 11) is 0. The number of rotatable bonds is 7. The van der Waals surface area contributed by atoms with E-state index < -0.39 is 0 Å². The number of carbonyl (C=O) groups is 1. The van der Waals surface area contributed by atoms with Crippen molar-refractivity contribution in [2.45, 2.75) is 71.8 Å². The highest BCUT2D eigenvalue weighted by Crippen LogP contribution is 2.36. The first-order valence-corrected chi connectivity index (χ1v) is 11.3. The van der Waals surface area contributed by atoms with Crippen molar-refractivity contribution in [3.8, 4) is 0 Å². The first-order valence-electron chi connectivity index (χ1n) is 11.3. The molecule has 0 aliphatic heterocycles. The van der Waals surface area contributed by atoms with Gasteiger partial charge < -0.3 is 9.47 Å². The van der Waals surface area contributed by atoms with E-state index in [4.69, 9.17) is 9.47 Å². The fourth-order valence-electron chi connectivity index (χ4n) is 4.66. The number of allylic oxidation sites excluding steroid dienone is 1. The molecule has 0 unspecified atom stereocenters. The number of hydrogen-bond donors (Lipinski definition) is 0. The van der Waals surface area contributed by atoms with Crippen LogP contribution in [0.2, 0.25) is 0 Å². The van der Waals surface area contributed by atoms with Gasteiger partial charge in [-0.15, -0.1) is 0 Å². The molecule has 3 heteroatoms. The van der Waals surface area contributed by atoms with Gasteiger partial charge in [0.1, 0.15) is 12.7 Å². The first kappa shape index (κ1) is 21.7. The Morgan fingerprint density at radius 3 is 2.55 bits per heavy atom. The monoisotopic (exact) mass is 396 g/mol. The molecule has 0 heterocycles. The fourth-order valence-corrected chi connectivity index (χ4v) is 4.66. The Bertz CT molecular complexity index is 709. The molecule has 0 amide bonds. The van der Waals surface area contributed by atoms with Crippen molar-refractivity contribution < 1.29 is 14.3 Å². The third kappa shape index (κ3) is 6.22. The minimum absolute atomic E-state index is 0.00622. The lowest BCUT2D eigenvalue weighted by molar-refractivity contribution is -0.155. The van der Waals surface area contributed by atoms with Gasteiger partial charge >= 0.3 is 5.97 Å². The van der Waals surface area contributed by atoms with Crippen molar-refractivity contribution in [1.82, 2.24) is 0 Å². The van der Waals surface area contributed by atoms with E-state index in [0.717, 1.165) is 49.7 Å². The molecule has 0 radical (unpaired) electrons. The van der Waals surface area contributed by atoms with Gasteiger partial charge in [-0.2, -0.15) is 0 Å². The zero-order valence-corrected chi connectivity index (χ0v) is 18.2. The largest absolute Gasteiger partial charge is 0.482 e. The van der Waals surface area contributed by atoms with Gasteiger partial charge in [0.2, 0.25) is 5.76 Å². The van der Waals surface area contributed by atoms with Crippen molar-refractivity contribution in [2.75, 3.05) is 6.61 Å². The number of esters is 1. The Kier molecular flexibility index (Phi) is 7.97. The molecule has 0 N–H and O–H groups in total. The summed E-state index contributed by atoms with van der Waals surface area (Å²) in [4.78, 5) is 13.1. The zero-order chi connectivity index (χ0) is 20.6. The molecule has 2 fully saturated rings. The maximum Gasteiger partial charge on any atom is 0.373 e. The Morgan fingerprint density at radius 1 is 1.14 bits per heavy atom. The van der Waals surface area contributed by atoms with Crippen LogP contribution >= 0.6 is 0 Å². The molecule has 158 valence electrons. The highest BCUT2D eigenvalue weighted by molar-refractivity contribution is 5.87. The maximum absolute atomic E-state index is 13.1. The second kappa shape index (κ2) is 10.7. The summed E-state index contributed by atoms with van der Waals surface area (Å²) < 4.78 is 12.1. The summed E-state index contributed by atoms with van der Waals surface area (Å²) in [5.74, 6) is 1.81. The average molecular weight is 397 g/mol. The number of ether oxygens (including phenoxy) is 2. The fraction of sp³-hybridized carbons (Fsp3) is 0.577. The Hall–Kier alpha value is -2.03. The normalized spacial score (nSPS) is 24.8. The van der Waals surface area contributed by atoms with Crippen LogP contribution in [0.1, 0.15) is 71.3 Å². The highest BCUT2D eigenvalue weighted by atomic mass is 16.6. The third-order valence-electron chi connectivity index (χ3n) is 6.37. The standard InChI is InChI=1S/C26H36O3/c1-19(2)23-16-15-20(3)18-24(23)29-26(27)25(22-13-7-8-14-22)28-17-9-12-21-10-5-4-6-11-21/h4-6,9-12,19-20,23-24H,7-8,13-18H2,1-3H3/b12-9+/t20-,23+,24-/m1/s1. The number of carbonyl (C=O) groups excluding carboxylic acids is 1. The lowest BCUT2D eigenvalue weighted by Crippen LogP contribution is -2.36. The zero-order valence-electron chi connectivity index (χ0n) is 18.2. The second-order valence-electron chi connectivity index (χ2n) is 9.03. The molecule has 3 atom stereocenters. The van der Waals surface area contributed by atoms with Crippen LogP contribution in [0.25, 0.3) is 6.08 Å². The molecule has 0 bridgehead atoms. The van der Waals surface area contributed by atoms with E-state index >= 15 is 0 Å². The summed E-state index contributed by atoms with van der Waals surface area (Å²) in [6.07, 6.45) is 11.5. The van der Waals surface area contributed by atoms with Crippen molar-refractivity contribution in [3.05, 3.63) is 53.3 Å². The highest BCUT2D eigenvalue weighted by Gasteiger charge is 2.35. The Labute approximate surface area is 176 Å². The molecule has 2 aliphatic rings. The first-order chi connectivity index (χ1) is 14.0. The molecule has 0 aromatic heterocycles. The smallest absolute Gasteiger partial charge is 0.373 e. The van der Waals surface area contributed by atoms with Gasteiger partial charge in [0.05, 0.1) is 0 Å². The molecule has 0 saturated heterocycles. The Morgan fingerprint density at radius 2 is 1.86 bits per heavy atom. The molecule has 1 aromatic rings. The molecule has 29 heavy (non-hydrogen) atoms.